The Balaban J connectivity index is 1.13. The maximum Gasteiger partial charge on any atom is 0.248 e. The van der Waals surface area contributed by atoms with Gasteiger partial charge in [0.25, 0.3) is 0 Å². The first-order chi connectivity index (χ1) is 14.5. The van der Waals surface area contributed by atoms with Crippen molar-refractivity contribution in [1.29, 1.82) is 0 Å². The van der Waals surface area contributed by atoms with E-state index in [2.05, 4.69) is 36.6 Å². The molecular weight excluding hydrogens is 446 g/mol. The smallest absolute Gasteiger partial charge is 0.248 e. The summed E-state index contributed by atoms with van der Waals surface area (Å²) < 4.78 is 2.70. The summed E-state index contributed by atoms with van der Waals surface area (Å²) in [6.07, 6.45) is 8.45. The van der Waals surface area contributed by atoms with Crippen LogP contribution in [0.2, 0.25) is 0 Å². The minimum Gasteiger partial charge on any atom is -0.347 e. The zero-order valence-electron chi connectivity index (χ0n) is 16.8. The maximum atomic E-state index is 13.0. The number of halogens is 1. The van der Waals surface area contributed by atoms with Crippen LogP contribution in [0.25, 0.3) is 0 Å². The van der Waals surface area contributed by atoms with Crippen LogP contribution in [0, 0.1) is 23.2 Å². The molecule has 0 unspecified atom stereocenters. The number of aromatic nitrogens is 3. The standard InChI is InChI=1S/C22H26BrN5O2/c23-18-3-1-14(2-4-18)12-28-13-25-21(27-28)26-19(29)11-24-20(30)22-8-15-5-16(9-22)7-17(6-15)10-22/h1-4,13,15-17H,5-12H2,(H,24,30)(H,26,27,29). The van der Waals surface area contributed by atoms with E-state index in [-0.39, 0.29) is 29.7 Å². The second-order valence-electron chi connectivity index (χ2n) is 9.32. The largest absolute Gasteiger partial charge is 0.347 e. The number of amides is 2. The van der Waals surface area contributed by atoms with E-state index >= 15 is 0 Å². The van der Waals surface area contributed by atoms with Crippen molar-refractivity contribution in [1.82, 2.24) is 20.1 Å². The van der Waals surface area contributed by atoms with E-state index in [4.69, 9.17) is 0 Å². The molecule has 4 fully saturated rings. The Hall–Kier alpha value is -2.22. The third kappa shape index (κ3) is 4.02. The van der Waals surface area contributed by atoms with E-state index < -0.39 is 0 Å². The second kappa shape index (κ2) is 7.80. The van der Waals surface area contributed by atoms with Gasteiger partial charge >= 0.3 is 0 Å². The highest BCUT2D eigenvalue weighted by atomic mass is 79.9. The Kier molecular flexibility index (Phi) is 5.13. The van der Waals surface area contributed by atoms with Gasteiger partial charge in [0.15, 0.2) is 0 Å². The molecule has 30 heavy (non-hydrogen) atoms. The molecule has 1 aromatic heterocycles. The van der Waals surface area contributed by atoms with E-state index in [9.17, 15) is 9.59 Å². The monoisotopic (exact) mass is 471 g/mol. The van der Waals surface area contributed by atoms with Gasteiger partial charge in [0.1, 0.15) is 6.33 Å². The van der Waals surface area contributed by atoms with Gasteiger partial charge in [0, 0.05) is 9.89 Å². The fourth-order valence-electron chi connectivity index (χ4n) is 6.11. The minimum absolute atomic E-state index is 0.0398. The quantitative estimate of drug-likeness (QED) is 0.675. The highest BCUT2D eigenvalue weighted by Gasteiger charge is 2.54. The van der Waals surface area contributed by atoms with E-state index in [1.54, 1.807) is 11.0 Å². The second-order valence-corrected chi connectivity index (χ2v) is 10.2. The van der Waals surface area contributed by atoms with E-state index in [1.165, 1.54) is 19.3 Å². The molecular formula is C22H26BrN5O2. The molecule has 4 bridgehead atoms. The summed E-state index contributed by atoms with van der Waals surface area (Å²) >= 11 is 3.42. The Morgan fingerprint density at radius 2 is 1.70 bits per heavy atom. The molecule has 2 aromatic rings. The van der Waals surface area contributed by atoms with Crippen LogP contribution in [0.15, 0.2) is 35.1 Å². The molecule has 158 valence electrons. The molecule has 0 atom stereocenters. The third-order valence-corrected chi connectivity index (χ3v) is 7.50. The predicted octanol–water partition coefficient (Wildman–Crippen LogP) is 3.36. The van der Waals surface area contributed by atoms with Crippen LogP contribution < -0.4 is 10.6 Å². The summed E-state index contributed by atoms with van der Waals surface area (Å²) in [5.74, 6) is 2.13. The molecule has 8 heteroatoms. The van der Waals surface area contributed by atoms with Crippen molar-refractivity contribution < 1.29 is 9.59 Å². The van der Waals surface area contributed by atoms with Gasteiger partial charge in [0.05, 0.1) is 13.1 Å². The average Bonchev–Trinajstić information content (AvgIpc) is 3.13. The average molecular weight is 472 g/mol. The molecule has 0 saturated heterocycles. The topological polar surface area (TPSA) is 88.9 Å². The first-order valence-corrected chi connectivity index (χ1v) is 11.5. The third-order valence-electron chi connectivity index (χ3n) is 6.97. The molecule has 2 amide bonds. The maximum absolute atomic E-state index is 13.0. The van der Waals surface area contributed by atoms with Crippen LogP contribution in [-0.4, -0.2) is 33.1 Å². The van der Waals surface area contributed by atoms with Gasteiger partial charge in [-0.3, -0.25) is 14.9 Å². The number of hydrogen-bond donors (Lipinski definition) is 2. The molecule has 1 aromatic carbocycles. The number of carbonyl (C=O) groups excluding carboxylic acids is 2. The van der Waals surface area contributed by atoms with E-state index in [0.717, 1.165) is 29.3 Å². The predicted molar refractivity (Wildman–Crippen MR) is 116 cm³/mol. The Bertz CT molecular complexity index is 919. The van der Waals surface area contributed by atoms with E-state index in [1.807, 2.05) is 24.3 Å². The molecule has 6 rings (SSSR count). The van der Waals surface area contributed by atoms with Crippen LogP contribution in [0.5, 0.6) is 0 Å². The van der Waals surface area contributed by atoms with Crippen molar-refractivity contribution in [2.24, 2.45) is 23.2 Å². The van der Waals surface area contributed by atoms with Crippen molar-refractivity contribution >= 4 is 33.7 Å². The Morgan fingerprint density at radius 1 is 1.07 bits per heavy atom. The first-order valence-electron chi connectivity index (χ1n) is 10.7. The molecule has 7 nitrogen and oxygen atoms in total. The molecule has 4 aliphatic rings. The number of benzene rings is 1. The number of nitrogens with zero attached hydrogens (tertiary/aromatic N) is 3. The van der Waals surface area contributed by atoms with Gasteiger partial charge < -0.3 is 5.32 Å². The summed E-state index contributed by atoms with van der Waals surface area (Å²) in [5, 5.41) is 9.87. The SMILES string of the molecule is O=C(CNC(=O)C12CC3CC(CC(C3)C1)C2)Nc1ncn(Cc2ccc(Br)cc2)n1. The van der Waals surface area contributed by atoms with Crippen LogP contribution in [0.3, 0.4) is 0 Å². The lowest BCUT2D eigenvalue weighted by molar-refractivity contribution is -0.146. The van der Waals surface area contributed by atoms with Gasteiger partial charge in [-0.25, -0.2) is 9.67 Å². The molecule has 0 radical (unpaired) electrons. The van der Waals surface area contributed by atoms with Crippen LogP contribution >= 0.6 is 15.9 Å². The fraction of sp³-hybridized carbons (Fsp3) is 0.545. The summed E-state index contributed by atoms with van der Waals surface area (Å²) in [7, 11) is 0. The van der Waals surface area contributed by atoms with Gasteiger partial charge in [-0.1, -0.05) is 28.1 Å². The van der Waals surface area contributed by atoms with Crippen molar-refractivity contribution in [2.75, 3.05) is 11.9 Å². The summed E-state index contributed by atoms with van der Waals surface area (Å²) in [6, 6.07) is 7.96. The van der Waals surface area contributed by atoms with Crippen LogP contribution in [0.1, 0.15) is 44.1 Å². The molecule has 0 aliphatic heterocycles. The zero-order chi connectivity index (χ0) is 20.7. The lowest BCUT2D eigenvalue weighted by Crippen LogP contribution is -2.54. The minimum atomic E-state index is -0.297. The van der Waals surface area contributed by atoms with Crippen molar-refractivity contribution in [3.05, 3.63) is 40.6 Å². The van der Waals surface area contributed by atoms with Crippen molar-refractivity contribution in [3.8, 4) is 0 Å². The van der Waals surface area contributed by atoms with Gasteiger partial charge in [0.2, 0.25) is 17.8 Å². The Labute approximate surface area is 184 Å². The van der Waals surface area contributed by atoms with Gasteiger partial charge in [-0.15, -0.1) is 5.10 Å². The van der Waals surface area contributed by atoms with Crippen LogP contribution in [-0.2, 0) is 16.1 Å². The van der Waals surface area contributed by atoms with Crippen LogP contribution in [0.4, 0.5) is 5.95 Å². The number of hydrogen-bond acceptors (Lipinski definition) is 4. The fourth-order valence-corrected chi connectivity index (χ4v) is 6.37. The summed E-state index contributed by atoms with van der Waals surface area (Å²) in [5.41, 5.74) is 0.850. The van der Waals surface area contributed by atoms with Gasteiger partial charge in [-0.05, 0) is 74.0 Å². The highest BCUT2D eigenvalue weighted by Crippen LogP contribution is 2.60. The summed E-state index contributed by atoms with van der Waals surface area (Å²) in [4.78, 5) is 29.4. The van der Waals surface area contributed by atoms with Crippen molar-refractivity contribution in [3.63, 3.8) is 0 Å². The summed E-state index contributed by atoms with van der Waals surface area (Å²) in [6.45, 7) is 0.529. The Morgan fingerprint density at radius 3 is 2.33 bits per heavy atom. The molecule has 4 aliphatic carbocycles. The molecule has 1 heterocycles. The molecule has 0 spiro atoms. The van der Waals surface area contributed by atoms with Gasteiger partial charge in [-0.2, -0.15) is 0 Å². The number of rotatable bonds is 6. The number of anilines is 1. The lowest BCUT2D eigenvalue weighted by Gasteiger charge is -2.55. The van der Waals surface area contributed by atoms with E-state index in [0.29, 0.717) is 24.3 Å². The lowest BCUT2D eigenvalue weighted by atomic mass is 9.49. The normalized spacial score (nSPS) is 29.0. The zero-order valence-corrected chi connectivity index (χ0v) is 18.4. The molecule has 4 saturated carbocycles. The van der Waals surface area contributed by atoms with Crippen molar-refractivity contribution in [2.45, 2.75) is 45.1 Å². The molecule has 2 N–H and O–H groups in total. The first kappa shape index (κ1) is 19.7. The number of carbonyl (C=O) groups is 2. The highest BCUT2D eigenvalue weighted by molar-refractivity contribution is 9.10. The number of nitrogens with one attached hydrogen (secondary N) is 2.